The molecule has 1 N–H and O–H groups in total. The first kappa shape index (κ1) is 26.4. The van der Waals surface area contributed by atoms with Crippen molar-refractivity contribution in [2.24, 2.45) is 0 Å². The van der Waals surface area contributed by atoms with Crippen LogP contribution in [0.3, 0.4) is 0 Å². The lowest BCUT2D eigenvalue weighted by Crippen LogP contribution is -2.41. The average Bonchev–Trinajstić information content (AvgIpc) is 2.79. The van der Waals surface area contributed by atoms with E-state index in [1.54, 1.807) is 21.0 Å². The molecular formula is C28H34N2O4S. The number of ether oxygens (including phenoxy) is 1. The number of aryl methyl sites for hydroxylation is 4. The number of benzene rings is 3. The van der Waals surface area contributed by atoms with Crippen molar-refractivity contribution in [3.05, 3.63) is 94.0 Å². The maximum atomic E-state index is 13.9. The van der Waals surface area contributed by atoms with Crippen LogP contribution in [0.4, 0.5) is 0 Å². The van der Waals surface area contributed by atoms with Gasteiger partial charge in [0.1, 0.15) is 5.75 Å². The van der Waals surface area contributed by atoms with Gasteiger partial charge < -0.3 is 10.1 Å². The number of hydrogen-bond donors (Lipinski definition) is 1. The fourth-order valence-corrected chi connectivity index (χ4v) is 6.17. The Morgan fingerprint density at radius 3 is 2.14 bits per heavy atom. The second-order valence-corrected chi connectivity index (χ2v) is 10.9. The maximum Gasteiger partial charge on any atom is 0.244 e. The lowest BCUT2D eigenvalue weighted by atomic mass is 10.1. The molecular weight excluding hydrogens is 460 g/mol. The number of para-hydroxylation sites is 1. The van der Waals surface area contributed by atoms with Crippen molar-refractivity contribution in [2.45, 2.75) is 52.1 Å². The standard InChI is InChI=1S/C28H34N2O4S/c1-19-11-13-24(14-12-19)17-30(35(32,33)28-21(3)15-20(2)16-22(28)4)18-27(31)29-23(5)25-9-7-8-10-26(25)34-6/h7-16,23H,17-18H2,1-6H3,(H,29,31)/t23-/m0/s1. The zero-order chi connectivity index (χ0) is 25.8. The highest BCUT2D eigenvalue weighted by Gasteiger charge is 2.30. The van der Waals surface area contributed by atoms with Gasteiger partial charge in [0.15, 0.2) is 0 Å². The van der Waals surface area contributed by atoms with Gasteiger partial charge in [0.2, 0.25) is 15.9 Å². The number of carbonyl (C=O) groups is 1. The molecule has 0 saturated heterocycles. The fraction of sp³-hybridized carbons (Fsp3) is 0.321. The van der Waals surface area contributed by atoms with Crippen molar-refractivity contribution in [3.8, 4) is 5.75 Å². The van der Waals surface area contributed by atoms with Crippen LogP contribution in [0.25, 0.3) is 0 Å². The highest BCUT2D eigenvalue weighted by atomic mass is 32.2. The van der Waals surface area contributed by atoms with Crippen LogP contribution in [0, 0.1) is 27.7 Å². The number of hydrogen-bond acceptors (Lipinski definition) is 4. The molecule has 0 aromatic heterocycles. The van der Waals surface area contributed by atoms with Crippen molar-refractivity contribution in [3.63, 3.8) is 0 Å². The first-order valence-electron chi connectivity index (χ1n) is 11.6. The van der Waals surface area contributed by atoms with Crippen molar-refractivity contribution < 1.29 is 17.9 Å². The third-order valence-corrected chi connectivity index (χ3v) is 8.08. The molecule has 6 nitrogen and oxygen atoms in total. The van der Waals surface area contributed by atoms with E-state index in [9.17, 15) is 13.2 Å². The van der Waals surface area contributed by atoms with E-state index < -0.39 is 10.0 Å². The lowest BCUT2D eigenvalue weighted by molar-refractivity contribution is -0.122. The zero-order valence-corrected chi connectivity index (χ0v) is 22.1. The number of methoxy groups -OCH3 is 1. The topological polar surface area (TPSA) is 75.7 Å². The van der Waals surface area contributed by atoms with Crippen LogP contribution < -0.4 is 10.1 Å². The summed E-state index contributed by atoms with van der Waals surface area (Å²) in [6.45, 7) is 9.13. The number of rotatable bonds is 9. The van der Waals surface area contributed by atoms with Crippen LogP contribution in [-0.2, 0) is 21.4 Å². The molecule has 0 aliphatic carbocycles. The summed E-state index contributed by atoms with van der Waals surface area (Å²) in [7, 11) is -2.37. The number of carbonyl (C=O) groups excluding carboxylic acids is 1. The highest BCUT2D eigenvalue weighted by molar-refractivity contribution is 7.89. The third kappa shape index (κ3) is 6.29. The number of nitrogens with one attached hydrogen (secondary N) is 1. The molecule has 3 aromatic carbocycles. The minimum atomic E-state index is -3.95. The van der Waals surface area contributed by atoms with Gasteiger partial charge in [-0.15, -0.1) is 0 Å². The second-order valence-electron chi connectivity index (χ2n) is 9.02. The van der Waals surface area contributed by atoms with Crippen LogP contribution in [0.5, 0.6) is 5.75 Å². The van der Waals surface area contributed by atoms with Crippen molar-refractivity contribution >= 4 is 15.9 Å². The molecule has 35 heavy (non-hydrogen) atoms. The quantitative estimate of drug-likeness (QED) is 0.454. The smallest absolute Gasteiger partial charge is 0.244 e. The zero-order valence-electron chi connectivity index (χ0n) is 21.3. The van der Waals surface area contributed by atoms with E-state index in [1.807, 2.05) is 81.4 Å². The van der Waals surface area contributed by atoms with E-state index in [0.717, 1.165) is 22.3 Å². The van der Waals surface area contributed by atoms with E-state index in [-0.39, 0.29) is 29.9 Å². The Balaban J connectivity index is 1.93. The summed E-state index contributed by atoms with van der Waals surface area (Å²) >= 11 is 0. The molecule has 0 fully saturated rings. The molecule has 7 heteroatoms. The number of nitrogens with zero attached hydrogens (tertiary/aromatic N) is 1. The van der Waals surface area contributed by atoms with Crippen molar-refractivity contribution in [1.82, 2.24) is 9.62 Å². The van der Waals surface area contributed by atoms with E-state index in [1.165, 1.54) is 4.31 Å². The van der Waals surface area contributed by atoms with Crippen LogP contribution in [0.1, 0.15) is 46.3 Å². The molecule has 0 unspecified atom stereocenters. The largest absolute Gasteiger partial charge is 0.496 e. The number of sulfonamides is 1. The van der Waals surface area contributed by atoms with Crippen LogP contribution >= 0.6 is 0 Å². The van der Waals surface area contributed by atoms with E-state index in [4.69, 9.17) is 4.74 Å². The van der Waals surface area contributed by atoms with Gasteiger partial charge in [0, 0.05) is 12.1 Å². The molecule has 0 aliphatic rings. The third-order valence-electron chi connectivity index (χ3n) is 5.98. The van der Waals surface area contributed by atoms with Gasteiger partial charge in [0.25, 0.3) is 0 Å². The summed E-state index contributed by atoms with van der Waals surface area (Å²) in [6.07, 6.45) is 0. The van der Waals surface area contributed by atoms with E-state index in [2.05, 4.69) is 5.32 Å². The molecule has 3 aromatic rings. The second kappa shape index (κ2) is 11.1. The lowest BCUT2D eigenvalue weighted by Gasteiger charge is -2.25. The van der Waals surface area contributed by atoms with Gasteiger partial charge in [-0.05, 0) is 57.4 Å². The minimum absolute atomic E-state index is 0.0891. The maximum absolute atomic E-state index is 13.9. The van der Waals surface area contributed by atoms with Gasteiger partial charge in [-0.1, -0.05) is 65.7 Å². The number of amides is 1. The Bertz CT molecular complexity index is 1280. The summed E-state index contributed by atoms with van der Waals surface area (Å²) in [5, 5.41) is 2.93. The summed E-state index contributed by atoms with van der Waals surface area (Å²) in [6, 6.07) is 18.4. The Morgan fingerprint density at radius 1 is 0.943 bits per heavy atom. The Labute approximate surface area is 209 Å². The predicted molar refractivity (Wildman–Crippen MR) is 139 cm³/mol. The van der Waals surface area contributed by atoms with Crippen molar-refractivity contribution in [1.29, 1.82) is 0 Å². The Kier molecular flexibility index (Phi) is 8.35. The van der Waals surface area contributed by atoms with Crippen LogP contribution in [0.2, 0.25) is 0 Å². The molecule has 0 bridgehead atoms. The van der Waals surface area contributed by atoms with E-state index >= 15 is 0 Å². The van der Waals surface area contributed by atoms with Gasteiger partial charge in [-0.2, -0.15) is 4.31 Å². The normalized spacial score (nSPS) is 12.4. The van der Waals surface area contributed by atoms with Gasteiger partial charge in [-0.3, -0.25) is 4.79 Å². The molecule has 1 amide bonds. The Hall–Kier alpha value is -3.16. The molecule has 0 radical (unpaired) electrons. The molecule has 3 rings (SSSR count). The Morgan fingerprint density at radius 2 is 1.54 bits per heavy atom. The molecule has 0 spiro atoms. The fourth-order valence-electron chi connectivity index (χ4n) is 4.37. The summed E-state index contributed by atoms with van der Waals surface area (Å²) in [5.74, 6) is 0.275. The molecule has 0 saturated carbocycles. The monoisotopic (exact) mass is 494 g/mol. The molecule has 186 valence electrons. The van der Waals surface area contributed by atoms with Crippen LogP contribution in [0.15, 0.2) is 65.6 Å². The van der Waals surface area contributed by atoms with Gasteiger partial charge in [0.05, 0.1) is 24.6 Å². The van der Waals surface area contributed by atoms with Gasteiger partial charge >= 0.3 is 0 Å². The SMILES string of the molecule is COc1ccccc1[C@H](C)NC(=O)CN(Cc1ccc(C)cc1)S(=O)(=O)c1c(C)cc(C)cc1C. The predicted octanol–water partition coefficient (Wildman–Crippen LogP) is 5.00. The molecule has 0 heterocycles. The van der Waals surface area contributed by atoms with Crippen molar-refractivity contribution in [2.75, 3.05) is 13.7 Å². The van der Waals surface area contributed by atoms with Crippen LogP contribution in [-0.4, -0.2) is 32.3 Å². The first-order chi connectivity index (χ1) is 16.5. The van der Waals surface area contributed by atoms with Gasteiger partial charge in [-0.25, -0.2) is 8.42 Å². The first-order valence-corrected chi connectivity index (χ1v) is 13.0. The average molecular weight is 495 g/mol. The summed E-state index contributed by atoms with van der Waals surface area (Å²) in [4.78, 5) is 13.4. The molecule has 0 aliphatic heterocycles. The van der Waals surface area contributed by atoms with E-state index in [0.29, 0.717) is 16.9 Å². The summed E-state index contributed by atoms with van der Waals surface area (Å²) < 4.78 is 34.4. The molecule has 1 atom stereocenters. The highest BCUT2D eigenvalue weighted by Crippen LogP contribution is 2.27. The summed E-state index contributed by atoms with van der Waals surface area (Å²) in [5.41, 5.74) is 5.04. The minimum Gasteiger partial charge on any atom is -0.496 e.